The predicted octanol–water partition coefficient (Wildman–Crippen LogP) is 3.13. The Hall–Kier alpha value is -1.46. The zero-order valence-corrected chi connectivity index (χ0v) is 12.9. The number of ether oxygens (including phenoxy) is 1. The van der Waals surface area contributed by atoms with E-state index < -0.39 is 5.97 Å². The Balaban J connectivity index is 2.13. The molecule has 0 fully saturated rings. The molecule has 0 aliphatic carbocycles. The van der Waals surface area contributed by atoms with Gasteiger partial charge in [0.05, 0.1) is 10.0 Å². The zero-order chi connectivity index (χ0) is 15.7. The normalized spacial score (nSPS) is 10.2. The van der Waals surface area contributed by atoms with Crippen molar-refractivity contribution in [1.82, 2.24) is 5.32 Å². The number of rotatable bonds is 9. The highest BCUT2D eigenvalue weighted by atomic mass is 35.5. The number of hydrogen-bond donors (Lipinski definition) is 2. The second kappa shape index (κ2) is 9.47. The lowest BCUT2D eigenvalue weighted by molar-refractivity contribution is -0.137. The Bertz CT molecular complexity index is 494. The van der Waals surface area contributed by atoms with Crippen LogP contribution in [0.3, 0.4) is 0 Å². The van der Waals surface area contributed by atoms with E-state index >= 15 is 0 Å². The quantitative estimate of drug-likeness (QED) is 0.680. The van der Waals surface area contributed by atoms with Gasteiger partial charge in [0.15, 0.2) is 6.61 Å². The van der Waals surface area contributed by atoms with Gasteiger partial charge in [-0.15, -0.1) is 0 Å². The summed E-state index contributed by atoms with van der Waals surface area (Å²) in [6, 6.07) is 4.77. The van der Waals surface area contributed by atoms with Crippen LogP contribution in [0.1, 0.15) is 25.7 Å². The molecular weight excluding hydrogens is 317 g/mol. The van der Waals surface area contributed by atoms with E-state index in [1.165, 1.54) is 0 Å². The van der Waals surface area contributed by atoms with Crippen LogP contribution in [0.25, 0.3) is 0 Å². The summed E-state index contributed by atoms with van der Waals surface area (Å²) in [5.41, 5.74) is 0. The molecule has 21 heavy (non-hydrogen) atoms. The number of carbonyl (C=O) groups excluding carboxylic acids is 1. The number of halogens is 2. The van der Waals surface area contributed by atoms with E-state index in [0.717, 1.165) is 12.8 Å². The fourth-order valence-corrected chi connectivity index (χ4v) is 1.86. The number of carbonyl (C=O) groups is 2. The third kappa shape index (κ3) is 7.78. The minimum Gasteiger partial charge on any atom is -0.484 e. The third-order valence-electron chi connectivity index (χ3n) is 2.65. The van der Waals surface area contributed by atoms with Crippen LogP contribution >= 0.6 is 23.2 Å². The number of nitrogens with one attached hydrogen (secondary N) is 1. The molecule has 2 N–H and O–H groups in total. The van der Waals surface area contributed by atoms with Gasteiger partial charge < -0.3 is 15.2 Å². The summed E-state index contributed by atoms with van der Waals surface area (Å²) in [6.45, 7) is 0.399. The van der Waals surface area contributed by atoms with Crippen molar-refractivity contribution in [3.8, 4) is 5.75 Å². The van der Waals surface area contributed by atoms with E-state index in [0.29, 0.717) is 28.8 Å². The molecule has 5 nitrogen and oxygen atoms in total. The first-order valence-electron chi connectivity index (χ1n) is 6.55. The van der Waals surface area contributed by atoms with Crippen molar-refractivity contribution in [2.45, 2.75) is 25.7 Å². The fourth-order valence-electron chi connectivity index (χ4n) is 1.57. The molecule has 116 valence electrons. The molecule has 0 saturated carbocycles. The molecule has 0 unspecified atom stereocenters. The highest BCUT2D eigenvalue weighted by Crippen LogP contribution is 2.26. The first-order chi connectivity index (χ1) is 9.99. The van der Waals surface area contributed by atoms with Crippen LogP contribution in [-0.2, 0) is 9.59 Å². The SMILES string of the molecule is O=C(O)CCCCCNC(=O)COc1ccc(Cl)c(Cl)c1. The van der Waals surface area contributed by atoms with E-state index in [2.05, 4.69) is 5.32 Å². The maximum atomic E-state index is 11.5. The van der Waals surface area contributed by atoms with Crippen LogP contribution in [0.2, 0.25) is 10.0 Å². The maximum Gasteiger partial charge on any atom is 0.303 e. The number of hydrogen-bond acceptors (Lipinski definition) is 3. The smallest absolute Gasteiger partial charge is 0.303 e. The third-order valence-corrected chi connectivity index (χ3v) is 3.39. The van der Waals surface area contributed by atoms with Crippen LogP contribution in [0.15, 0.2) is 18.2 Å². The van der Waals surface area contributed by atoms with Crippen molar-refractivity contribution < 1.29 is 19.4 Å². The Kier molecular flexibility index (Phi) is 7.93. The van der Waals surface area contributed by atoms with Gasteiger partial charge in [0.1, 0.15) is 5.75 Å². The number of carboxylic acid groups (broad SMARTS) is 1. The van der Waals surface area contributed by atoms with E-state index in [1.807, 2.05) is 0 Å². The maximum absolute atomic E-state index is 11.5. The van der Waals surface area contributed by atoms with Crippen LogP contribution in [0, 0.1) is 0 Å². The van der Waals surface area contributed by atoms with Gasteiger partial charge in [-0.05, 0) is 25.0 Å². The summed E-state index contributed by atoms with van der Waals surface area (Å²) < 4.78 is 5.28. The Labute approximate surface area is 133 Å². The van der Waals surface area contributed by atoms with Crippen molar-refractivity contribution in [1.29, 1.82) is 0 Å². The summed E-state index contributed by atoms with van der Waals surface area (Å²) in [7, 11) is 0. The van der Waals surface area contributed by atoms with E-state index in [-0.39, 0.29) is 18.9 Å². The van der Waals surface area contributed by atoms with Crippen LogP contribution in [0.4, 0.5) is 0 Å². The molecule has 0 saturated heterocycles. The summed E-state index contributed by atoms with van der Waals surface area (Å²) >= 11 is 11.6. The van der Waals surface area contributed by atoms with Gasteiger partial charge in [-0.3, -0.25) is 9.59 Å². The molecule has 0 radical (unpaired) electrons. The molecule has 0 aliphatic rings. The lowest BCUT2D eigenvalue weighted by Gasteiger charge is -2.08. The van der Waals surface area contributed by atoms with Crippen molar-refractivity contribution in [3.63, 3.8) is 0 Å². The second-order valence-electron chi connectivity index (χ2n) is 4.42. The standard InChI is InChI=1S/C14H17Cl2NO4/c15-11-6-5-10(8-12(11)16)21-9-13(18)17-7-3-1-2-4-14(19)20/h5-6,8H,1-4,7,9H2,(H,17,18)(H,19,20). The van der Waals surface area contributed by atoms with Crippen LogP contribution in [0.5, 0.6) is 5.75 Å². The number of amides is 1. The lowest BCUT2D eigenvalue weighted by Crippen LogP contribution is -2.29. The molecule has 0 spiro atoms. The molecule has 0 atom stereocenters. The van der Waals surface area contributed by atoms with Crippen molar-refractivity contribution in [2.24, 2.45) is 0 Å². The van der Waals surface area contributed by atoms with Crippen LogP contribution in [-0.4, -0.2) is 30.1 Å². The number of carboxylic acids is 1. The average Bonchev–Trinajstić information content (AvgIpc) is 2.43. The second-order valence-corrected chi connectivity index (χ2v) is 5.23. The lowest BCUT2D eigenvalue weighted by atomic mass is 10.2. The zero-order valence-electron chi connectivity index (χ0n) is 11.4. The summed E-state index contributed by atoms with van der Waals surface area (Å²) in [5.74, 6) is -0.561. The average molecular weight is 334 g/mol. The largest absolute Gasteiger partial charge is 0.484 e. The molecule has 1 aromatic rings. The van der Waals surface area contributed by atoms with Gasteiger partial charge in [0.25, 0.3) is 5.91 Å². The van der Waals surface area contributed by atoms with Gasteiger partial charge >= 0.3 is 5.97 Å². The first-order valence-corrected chi connectivity index (χ1v) is 7.31. The molecule has 0 aromatic heterocycles. The molecule has 1 aromatic carbocycles. The van der Waals surface area contributed by atoms with E-state index in [4.69, 9.17) is 33.0 Å². The number of unbranched alkanes of at least 4 members (excludes halogenated alkanes) is 2. The molecule has 1 rings (SSSR count). The highest BCUT2D eigenvalue weighted by molar-refractivity contribution is 6.42. The van der Waals surface area contributed by atoms with Gasteiger partial charge in [-0.25, -0.2) is 0 Å². The minimum atomic E-state index is -0.797. The summed E-state index contributed by atoms with van der Waals surface area (Å²) in [4.78, 5) is 21.8. The highest BCUT2D eigenvalue weighted by Gasteiger charge is 2.04. The fraction of sp³-hybridized carbons (Fsp3) is 0.429. The van der Waals surface area contributed by atoms with Crippen molar-refractivity contribution in [3.05, 3.63) is 28.2 Å². The molecule has 0 bridgehead atoms. The molecular formula is C14H17Cl2NO4. The van der Waals surface area contributed by atoms with Crippen LogP contribution < -0.4 is 10.1 Å². The molecule has 7 heteroatoms. The van der Waals surface area contributed by atoms with E-state index in [1.54, 1.807) is 18.2 Å². The van der Waals surface area contributed by atoms with Gasteiger partial charge in [-0.1, -0.05) is 29.6 Å². The number of aliphatic carboxylic acids is 1. The Morgan fingerprint density at radius 2 is 1.90 bits per heavy atom. The molecule has 0 aliphatic heterocycles. The summed E-state index contributed by atoms with van der Waals surface area (Å²) in [6.07, 6.45) is 2.28. The van der Waals surface area contributed by atoms with Crippen molar-refractivity contribution >= 4 is 35.1 Å². The van der Waals surface area contributed by atoms with Gasteiger partial charge in [0, 0.05) is 19.0 Å². The monoisotopic (exact) mass is 333 g/mol. The summed E-state index contributed by atoms with van der Waals surface area (Å²) in [5, 5.41) is 12.0. The topological polar surface area (TPSA) is 75.6 Å². The number of benzene rings is 1. The van der Waals surface area contributed by atoms with Gasteiger partial charge in [0.2, 0.25) is 0 Å². The Morgan fingerprint density at radius 1 is 1.14 bits per heavy atom. The molecule has 0 heterocycles. The first kappa shape index (κ1) is 17.6. The molecule has 1 amide bonds. The minimum absolute atomic E-state index is 0.104. The predicted molar refractivity (Wildman–Crippen MR) is 81.1 cm³/mol. The van der Waals surface area contributed by atoms with E-state index in [9.17, 15) is 9.59 Å². The van der Waals surface area contributed by atoms with Gasteiger partial charge in [-0.2, -0.15) is 0 Å². The Morgan fingerprint density at radius 3 is 2.57 bits per heavy atom. The van der Waals surface area contributed by atoms with Crippen molar-refractivity contribution in [2.75, 3.05) is 13.2 Å².